The summed E-state index contributed by atoms with van der Waals surface area (Å²) >= 11 is 0. The zero-order valence-corrected chi connectivity index (χ0v) is 27.0. The molecule has 0 aromatic carbocycles. The lowest BCUT2D eigenvalue weighted by atomic mass is 9.82. The third-order valence-electron chi connectivity index (χ3n) is 9.07. The highest BCUT2D eigenvalue weighted by Crippen LogP contribution is 2.27. The van der Waals surface area contributed by atoms with E-state index in [2.05, 4.69) is 20.8 Å². The molecule has 0 aromatic rings. The lowest BCUT2D eigenvalue weighted by Crippen LogP contribution is -2.32. The number of carboxylic acid groups (broad SMARTS) is 3. The van der Waals surface area contributed by atoms with E-state index in [1.807, 2.05) is 0 Å². The molecule has 6 atom stereocenters. The Hall–Kier alpha value is -1.71. The summed E-state index contributed by atoms with van der Waals surface area (Å²) in [5.74, 6) is -2.84. The Kier molecular flexibility index (Phi) is 23.7. The van der Waals surface area contributed by atoms with Crippen molar-refractivity contribution in [1.29, 1.82) is 0 Å². The molecule has 6 unspecified atom stereocenters. The lowest BCUT2D eigenvalue weighted by molar-refractivity contribution is -0.152. The Labute approximate surface area is 255 Å². The molecule has 0 aromatic heterocycles. The topological polar surface area (TPSA) is 190 Å². The first-order chi connectivity index (χ1) is 20.0. The van der Waals surface area contributed by atoms with Gasteiger partial charge in [0.25, 0.3) is 0 Å². The van der Waals surface area contributed by atoms with Gasteiger partial charge in [-0.05, 0) is 75.5 Å². The quantitative estimate of drug-likeness (QED) is 0.153. The number of rotatable bonds is 11. The zero-order chi connectivity index (χ0) is 31.9. The monoisotopic (exact) mass is 599 g/mol. The highest BCUT2D eigenvalue weighted by Gasteiger charge is 2.24. The van der Waals surface area contributed by atoms with E-state index < -0.39 is 36.7 Å². The summed E-state index contributed by atoms with van der Waals surface area (Å²) in [6.07, 6.45) is 22.9. The van der Waals surface area contributed by atoms with E-state index >= 15 is 0 Å². The SMILES string of the molecule is CCCC1CCCCC1N.CCCC1CCCCC1N.CCCC1CCCCC1N.O=C(O)CC(CC(=O)O)C(=O)O. The average molecular weight is 600 g/mol. The van der Waals surface area contributed by atoms with Gasteiger partial charge < -0.3 is 32.5 Å². The molecule has 3 rings (SSSR count). The van der Waals surface area contributed by atoms with Crippen molar-refractivity contribution < 1.29 is 29.7 Å². The molecule has 0 heterocycles. The van der Waals surface area contributed by atoms with E-state index in [-0.39, 0.29) is 0 Å². The van der Waals surface area contributed by atoms with Gasteiger partial charge in [-0.25, -0.2) is 0 Å². The molecule has 9 heteroatoms. The second kappa shape index (κ2) is 24.7. The molecule has 0 radical (unpaired) electrons. The molecule has 3 fully saturated rings. The van der Waals surface area contributed by atoms with Crippen molar-refractivity contribution in [3.05, 3.63) is 0 Å². The van der Waals surface area contributed by atoms with Gasteiger partial charge in [-0.15, -0.1) is 0 Å². The van der Waals surface area contributed by atoms with Gasteiger partial charge in [0.1, 0.15) is 0 Å². The smallest absolute Gasteiger partial charge is 0.307 e. The highest BCUT2D eigenvalue weighted by atomic mass is 16.4. The van der Waals surface area contributed by atoms with Gasteiger partial charge in [0.05, 0.1) is 18.8 Å². The maximum atomic E-state index is 10.2. The minimum absolute atomic E-state index is 0.522. The van der Waals surface area contributed by atoms with E-state index in [0.29, 0.717) is 18.1 Å². The fraction of sp³-hybridized carbons (Fsp3) is 0.909. The van der Waals surface area contributed by atoms with Crippen molar-refractivity contribution in [1.82, 2.24) is 0 Å². The summed E-state index contributed by atoms with van der Waals surface area (Å²) in [4.78, 5) is 30.3. The van der Waals surface area contributed by atoms with Gasteiger partial charge >= 0.3 is 17.9 Å². The van der Waals surface area contributed by atoms with Gasteiger partial charge in [0.15, 0.2) is 0 Å². The Morgan fingerprint density at radius 3 is 1.00 bits per heavy atom. The van der Waals surface area contributed by atoms with Crippen LogP contribution in [-0.4, -0.2) is 51.4 Å². The van der Waals surface area contributed by atoms with Gasteiger partial charge in [0, 0.05) is 18.1 Å². The fourth-order valence-corrected chi connectivity index (χ4v) is 6.57. The van der Waals surface area contributed by atoms with Crippen molar-refractivity contribution >= 4 is 17.9 Å². The molecule has 9 nitrogen and oxygen atoms in total. The number of aliphatic carboxylic acids is 3. The lowest BCUT2D eigenvalue weighted by Gasteiger charge is -2.27. The normalized spacial score (nSPS) is 27.2. The van der Waals surface area contributed by atoms with Crippen LogP contribution < -0.4 is 17.2 Å². The van der Waals surface area contributed by atoms with E-state index in [1.54, 1.807) is 0 Å². The van der Waals surface area contributed by atoms with Crippen LogP contribution in [0.2, 0.25) is 0 Å². The molecule has 9 N–H and O–H groups in total. The maximum absolute atomic E-state index is 10.2. The third kappa shape index (κ3) is 19.5. The minimum Gasteiger partial charge on any atom is -0.481 e. The predicted octanol–water partition coefficient (Wildman–Crippen LogP) is 6.55. The van der Waals surface area contributed by atoms with Gasteiger partial charge in [-0.3, -0.25) is 14.4 Å². The van der Waals surface area contributed by atoms with Crippen LogP contribution in [0.1, 0.15) is 149 Å². The van der Waals surface area contributed by atoms with E-state index in [9.17, 15) is 14.4 Å². The summed E-state index contributed by atoms with van der Waals surface area (Å²) in [5.41, 5.74) is 17.9. The highest BCUT2D eigenvalue weighted by molar-refractivity contribution is 5.82. The van der Waals surface area contributed by atoms with E-state index in [4.69, 9.17) is 32.5 Å². The molecule has 0 saturated heterocycles. The van der Waals surface area contributed by atoms with Crippen LogP contribution in [0.5, 0.6) is 0 Å². The van der Waals surface area contributed by atoms with Gasteiger partial charge in [0.2, 0.25) is 0 Å². The molecule has 0 aliphatic heterocycles. The van der Waals surface area contributed by atoms with Gasteiger partial charge in [-0.2, -0.15) is 0 Å². The van der Waals surface area contributed by atoms with Crippen LogP contribution >= 0.6 is 0 Å². The number of nitrogens with two attached hydrogens (primary N) is 3. The number of hydrogen-bond donors (Lipinski definition) is 6. The van der Waals surface area contributed by atoms with Crippen molar-refractivity contribution in [2.45, 2.75) is 167 Å². The van der Waals surface area contributed by atoms with Crippen LogP contribution in [0, 0.1) is 23.7 Å². The molecule has 42 heavy (non-hydrogen) atoms. The minimum atomic E-state index is -1.40. The number of carboxylic acids is 3. The molecular weight excluding hydrogens is 534 g/mol. The summed E-state index contributed by atoms with van der Waals surface area (Å²) in [7, 11) is 0. The van der Waals surface area contributed by atoms with Crippen LogP contribution in [-0.2, 0) is 14.4 Å². The molecule has 0 spiro atoms. The Balaban J connectivity index is 0.000000535. The summed E-state index contributed by atoms with van der Waals surface area (Å²) < 4.78 is 0. The first-order valence-electron chi connectivity index (χ1n) is 16.9. The number of hydrogen-bond acceptors (Lipinski definition) is 6. The number of carbonyl (C=O) groups is 3. The predicted molar refractivity (Wildman–Crippen MR) is 170 cm³/mol. The van der Waals surface area contributed by atoms with Crippen molar-refractivity contribution in [2.24, 2.45) is 40.9 Å². The molecule has 3 saturated carbocycles. The van der Waals surface area contributed by atoms with E-state index in [0.717, 1.165) is 17.8 Å². The van der Waals surface area contributed by atoms with E-state index in [1.165, 1.54) is 116 Å². The van der Waals surface area contributed by atoms with Crippen LogP contribution in [0.4, 0.5) is 0 Å². The molecule has 0 bridgehead atoms. The first-order valence-corrected chi connectivity index (χ1v) is 16.9. The molecule has 3 aliphatic carbocycles. The Bertz CT molecular complexity index is 643. The zero-order valence-electron chi connectivity index (χ0n) is 27.0. The molecule has 248 valence electrons. The van der Waals surface area contributed by atoms with Gasteiger partial charge in [-0.1, -0.05) is 78.6 Å². The average Bonchev–Trinajstić information content (AvgIpc) is 2.93. The largest absolute Gasteiger partial charge is 0.481 e. The first kappa shape index (κ1) is 40.3. The Morgan fingerprint density at radius 1 is 0.548 bits per heavy atom. The molecule has 3 aliphatic rings. The van der Waals surface area contributed by atoms with Crippen molar-refractivity contribution in [3.63, 3.8) is 0 Å². The maximum Gasteiger partial charge on any atom is 0.307 e. The van der Waals surface area contributed by atoms with Crippen molar-refractivity contribution in [2.75, 3.05) is 0 Å². The second-order valence-corrected chi connectivity index (χ2v) is 12.7. The van der Waals surface area contributed by atoms with Crippen LogP contribution in [0.15, 0.2) is 0 Å². The van der Waals surface area contributed by atoms with Crippen LogP contribution in [0.3, 0.4) is 0 Å². The Morgan fingerprint density at radius 2 is 0.810 bits per heavy atom. The molecular formula is C33H65N3O6. The summed E-state index contributed by atoms with van der Waals surface area (Å²) in [5, 5.41) is 24.7. The fourth-order valence-electron chi connectivity index (χ4n) is 6.57. The second-order valence-electron chi connectivity index (χ2n) is 12.7. The molecule has 0 amide bonds. The summed E-state index contributed by atoms with van der Waals surface area (Å²) in [6.45, 7) is 6.75. The van der Waals surface area contributed by atoms with Crippen molar-refractivity contribution in [3.8, 4) is 0 Å². The van der Waals surface area contributed by atoms with Crippen LogP contribution in [0.25, 0.3) is 0 Å². The standard InChI is InChI=1S/3C9H19N.C6H8O6/c3*1-2-5-8-6-3-4-7-9(8)10;7-4(8)1-3(6(11)12)2-5(9)10/h3*8-9H,2-7,10H2,1H3;3H,1-2H2,(H,7,8)(H,9,10)(H,11,12). The third-order valence-corrected chi connectivity index (χ3v) is 9.07. The summed E-state index contributed by atoms with van der Waals surface area (Å²) in [6, 6.07) is 1.57.